The van der Waals surface area contributed by atoms with Crippen LogP contribution in [0.3, 0.4) is 0 Å². The zero-order valence-corrected chi connectivity index (χ0v) is 18.5. The van der Waals surface area contributed by atoms with Gasteiger partial charge in [-0.15, -0.1) is 0 Å². The molecule has 1 heterocycles. The summed E-state index contributed by atoms with van der Waals surface area (Å²) in [5.41, 5.74) is -0.344. The molecule has 0 atom stereocenters. The van der Waals surface area contributed by atoms with Crippen LogP contribution in [0, 0.1) is 0 Å². The highest BCUT2D eigenvalue weighted by molar-refractivity contribution is 7.93. The molecule has 10 nitrogen and oxygen atoms in total. The molecule has 0 bridgehead atoms. The molecule has 1 aliphatic rings. The van der Waals surface area contributed by atoms with Crippen molar-refractivity contribution >= 4 is 37.4 Å². The molecule has 33 heavy (non-hydrogen) atoms. The lowest BCUT2D eigenvalue weighted by atomic mass is 10.2. The number of ether oxygens (including phenoxy) is 2. The first-order valence-corrected chi connectivity index (χ1v) is 12.5. The third-order valence-electron chi connectivity index (χ3n) is 4.62. The number of sulfonamides is 2. The summed E-state index contributed by atoms with van der Waals surface area (Å²) >= 11 is 0. The molecular weight excluding hydrogens is 472 g/mol. The molecule has 3 aromatic rings. The minimum Gasteiger partial charge on any atom is -0.486 e. The van der Waals surface area contributed by atoms with E-state index in [-0.39, 0.29) is 26.7 Å². The predicted molar refractivity (Wildman–Crippen MR) is 119 cm³/mol. The van der Waals surface area contributed by atoms with Crippen LogP contribution in [0.1, 0.15) is 10.4 Å². The Bertz CT molecular complexity index is 1440. The van der Waals surface area contributed by atoms with E-state index in [1.54, 1.807) is 0 Å². The Kier molecular flexibility index (Phi) is 5.87. The maximum Gasteiger partial charge on any atom is 0.337 e. The monoisotopic (exact) mass is 490 g/mol. The first-order valence-electron chi connectivity index (χ1n) is 9.53. The van der Waals surface area contributed by atoms with Crippen molar-refractivity contribution in [2.24, 2.45) is 0 Å². The van der Waals surface area contributed by atoms with Gasteiger partial charge in [0.25, 0.3) is 20.0 Å². The summed E-state index contributed by atoms with van der Waals surface area (Å²) in [7, 11) is -8.27. The molecule has 0 radical (unpaired) electrons. The topological polar surface area (TPSA) is 148 Å². The van der Waals surface area contributed by atoms with Gasteiger partial charge in [-0.2, -0.15) is 0 Å². The van der Waals surface area contributed by atoms with Crippen molar-refractivity contribution in [1.82, 2.24) is 0 Å². The van der Waals surface area contributed by atoms with Gasteiger partial charge < -0.3 is 14.6 Å². The van der Waals surface area contributed by atoms with E-state index >= 15 is 0 Å². The van der Waals surface area contributed by atoms with Crippen LogP contribution in [-0.2, 0) is 20.0 Å². The second-order valence-corrected chi connectivity index (χ2v) is 10.3. The van der Waals surface area contributed by atoms with Gasteiger partial charge in [-0.25, -0.2) is 21.6 Å². The quantitative estimate of drug-likeness (QED) is 0.458. The summed E-state index contributed by atoms with van der Waals surface area (Å²) in [4.78, 5) is 11.0. The summed E-state index contributed by atoms with van der Waals surface area (Å²) in [6, 6.07) is 14.8. The van der Waals surface area contributed by atoms with Gasteiger partial charge in [-0.3, -0.25) is 9.44 Å². The summed E-state index contributed by atoms with van der Waals surface area (Å²) in [6.45, 7) is 0.658. The fourth-order valence-corrected chi connectivity index (χ4v) is 5.28. The second kappa shape index (κ2) is 8.64. The Morgan fingerprint density at radius 1 is 0.758 bits per heavy atom. The van der Waals surface area contributed by atoms with Crippen LogP contribution in [0.15, 0.2) is 76.5 Å². The molecule has 0 saturated carbocycles. The number of carboxylic acids is 1. The van der Waals surface area contributed by atoms with Crippen molar-refractivity contribution in [1.29, 1.82) is 0 Å². The van der Waals surface area contributed by atoms with Gasteiger partial charge in [0.15, 0.2) is 11.5 Å². The molecule has 0 aliphatic carbocycles. The Labute approximate surface area is 189 Å². The number of carbonyl (C=O) groups is 1. The smallest absolute Gasteiger partial charge is 0.337 e. The first-order chi connectivity index (χ1) is 15.7. The van der Waals surface area contributed by atoms with Crippen LogP contribution in [0.2, 0.25) is 0 Å². The fraction of sp³-hybridized carbons (Fsp3) is 0.0952. The third kappa shape index (κ3) is 4.86. The SMILES string of the molecule is O=C(O)c1ccccc1NS(=O)(=O)c1cccc(NS(=O)(=O)c2ccc3c(c2)OCCO3)c1. The number of aromatic carboxylic acids is 1. The standard InChI is InChI=1S/C21H18N2O8S2/c24-21(25)17-6-1-2-7-18(17)23-33(28,29)15-5-3-4-14(12-15)22-32(26,27)16-8-9-19-20(13-16)31-11-10-30-19/h1-9,12-13,22-23H,10-11H2,(H,24,25). The number of anilines is 2. The van der Waals surface area contributed by atoms with Crippen LogP contribution in [-0.4, -0.2) is 41.1 Å². The zero-order chi connectivity index (χ0) is 23.6. The first kappa shape index (κ1) is 22.4. The molecule has 1 aliphatic heterocycles. The highest BCUT2D eigenvalue weighted by atomic mass is 32.2. The average molecular weight is 491 g/mol. The number of hydrogen-bond donors (Lipinski definition) is 3. The highest BCUT2D eigenvalue weighted by Gasteiger charge is 2.22. The molecule has 0 amide bonds. The summed E-state index contributed by atoms with van der Waals surface area (Å²) in [6.07, 6.45) is 0. The number of benzene rings is 3. The van der Waals surface area contributed by atoms with Gasteiger partial charge >= 0.3 is 5.97 Å². The van der Waals surface area contributed by atoms with E-state index in [0.717, 1.165) is 6.07 Å². The molecule has 3 N–H and O–H groups in total. The van der Waals surface area contributed by atoms with Crippen molar-refractivity contribution in [2.75, 3.05) is 22.7 Å². The van der Waals surface area contributed by atoms with Gasteiger partial charge in [-0.1, -0.05) is 18.2 Å². The van der Waals surface area contributed by atoms with Crippen molar-refractivity contribution in [3.05, 3.63) is 72.3 Å². The van der Waals surface area contributed by atoms with Gasteiger partial charge in [-0.05, 0) is 42.5 Å². The lowest BCUT2D eigenvalue weighted by Gasteiger charge is -2.19. The molecule has 3 aromatic carbocycles. The van der Waals surface area contributed by atoms with Crippen molar-refractivity contribution in [3.8, 4) is 11.5 Å². The van der Waals surface area contributed by atoms with E-state index in [1.807, 2.05) is 0 Å². The summed E-state index contributed by atoms with van der Waals surface area (Å²) < 4.78 is 66.6. The lowest BCUT2D eigenvalue weighted by molar-refractivity contribution is 0.0698. The maximum absolute atomic E-state index is 12.8. The summed E-state index contributed by atoms with van der Waals surface area (Å²) in [5.74, 6) is -0.572. The second-order valence-electron chi connectivity index (χ2n) is 6.90. The number of nitrogens with one attached hydrogen (secondary N) is 2. The van der Waals surface area contributed by atoms with Crippen molar-refractivity contribution < 1.29 is 36.2 Å². The van der Waals surface area contributed by atoms with Gasteiger partial charge in [0.05, 0.1) is 26.7 Å². The van der Waals surface area contributed by atoms with E-state index in [4.69, 9.17) is 9.47 Å². The van der Waals surface area contributed by atoms with E-state index in [1.165, 1.54) is 60.7 Å². The largest absolute Gasteiger partial charge is 0.486 e. The Hall–Kier alpha value is -3.77. The predicted octanol–water partition coefficient (Wildman–Crippen LogP) is 2.76. The molecular formula is C21H18N2O8S2. The minimum absolute atomic E-state index is 0.000663. The van der Waals surface area contributed by atoms with Gasteiger partial charge in [0.1, 0.15) is 13.2 Å². The fourth-order valence-electron chi connectivity index (χ4n) is 3.09. The molecule has 0 saturated heterocycles. The Morgan fingerprint density at radius 3 is 2.18 bits per heavy atom. The van der Waals surface area contributed by atoms with Crippen LogP contribution >= 0.6 is 0 Å². The lowest BCUT2D eigenvalue weighted by Crippen LogP contribution is -2.18. The number of para-hydroxylation sites is 1. The van der Waals surface area contributed by atoms with Gasteiger partial charge in [0.2, 0.25) is 0 Å². The van der Waals surface area contributed by atoms with Crippen molar-refractivity contribution in [2.45, 2.75) is 9.79 Å². The van der Waals surface area contributed by atoms with Crippen LogP contribution in [0.25, 0.3) is 0 Å². The zero-order valence-electron chi connectivity index (χ0n) is 16.9. The molecule has 172 valence electrons. The molecule has 0 aromatic heterocycles. The van der Waals surface area contributed by atoms with E-state index in [0.29, 0.717) is 24.7 Å². The Morgan fingerprint density at radius 2 is 1.42 bits per heavy atom. The molecule has 12 heteroatoms. The van der Waals surface area contributed by atoms with Crippen LogP contribution in [0.4, 0.5) is 11.4 Å². The average Bonchev–Trinajstić information content (AvgIpc) is 2.78. The number of fused-ring (bicyclic) bond motifs is 1. The molecule has 4 rings (SSSR count). The normalized spacial score (nSPS) is 13.2. The number of hydrogen-bond acceptors (Lipinski definition) is 7. The number of rotatable bonds is 7. The van der Waals surface area contributed by atoms with E-state index in [9.17, 15) is 26.7 Å². The van der Waals surface area contributed by atoms with E-state index in [2.05, 4.69) is 9.44 Å². The highest BCUT2D eigenvalue weighted by Crippen LogP contribution is 2.33. The Balaban J connectivity index is 1.60. The van der Waals surface area contributed by atoms with Crippen molar-refractivity contribution in [3.63, 3.8) is 0 Å². The van der Waals surface area contributed by atoms with Crippen LogP contribution in [0.5, 0.6) is 11.5 Å². The third-order valence-corrected chi connectivity index (χ3v) is 7.36. The molecule has 0 spiro atoms. The van der Waals surface area contributed by atoms with Gasteiger partial charge in [0, 0.05) is 6.07 Å². The molecule has 0 unspecified atom stereocenters. The maximum atomic E-state index is 12.8. The van der Waals surface area contributed by atoms with E-state index < -0.39 is 26.0 Å². The summed E-state index contributed by atoms with van der Waals surface area (Å²) in [5, 5.41) is 9.26. The minimum atomic E-state index is -4.21. The molecule has 0 fully saturated rings. The van der Waals surface area contributed by atoms with Crippen LogP contribution < -0.4 is 18.9 Å². The number of carboxylic acid groups (broad SMARTS) is 1.